The molecule has 0 unspecified atom stereocenters. The van der Waals surface area contributed by atoms with E-state index in [1.807, 2.05) is 13.0 Å². The standard InChI is InChI=1S/C22H24N4O5/c1-3-9-30-22(28)24-12-15-5-4-6-16(10-15)25-21(27)26-17-7-8-18(19(11-17)29-2)20-13-23-14-31-20/h4-8,10-11,13-14H,3,9,12H2,1-2H3,(H,24,28)(H2,25,26,27). The van der Waals surface area contributed by atoms with Gasteiger partial charge in [0.05, 0.1) is 25.5 Å². The van der Waals surface area contributed by atoms with E-state index in [1.165, 1.54) is 13.5 Å². The van der Waals surface area contributed by atoms with Gasteiger partial charge in [0, 0.05) is 24.0 Å². The Balaban J connectivity index is 1.59. The monoisotopic (exact) mass is 424 g/mol. The summed E-state index contributed by atoms with van der Waals surface area (Å²) in [6.45, 7) is 2.59. The number of aromatic nitrogens is 1. The number of alkyl carbamates (subject to hydrolysis) is 1. The predicted octanol–water partition coefficient (Wildman–Crippen LogP) is 4.63. The van der Waals surface area contributed by atoms with E-state index in [0.717, 1.165) is 17.5 Å². The normalized spacial score (nSPS) is 10.3. The molecule has 0 radical (unpaired) electrons. The molecular formula is C22H24N4O5. The van der Waals surface area contributed by atoms with E-state index in [2.05, 4.69) is 20.9 Å². The number of hydrogen-bond donors (Lipinski definition) is 3. The number of urea groups is 1. The summed E-state index contributed by atoms with van der Waals surface area (Å²) in [4.78, 5) is 27.9. The third kappa shape index (κ3) is 6.23. The van der Waals surface area contributed by atoms with Crippen molar-refractivity contribution in [1.29, 1.82) is 0 Å². The molecule has 3 rings (SSSR count). The lowest BCUT2D eigenvalue weighted by atomic mass is 10.1. The van der Waals surface area contributed by atoms with Crippen LogP contribution < -0.4 is 20.7 Å². The Kier molecular flexibility index (Phi) is 7.47. The summed E-state index contributed by atoms with van der Waals surface area (Å²) in [7, 11) is 1.54. The summed E-state index contributed by atoms with van der Waals surface area (Å²) < 4.78 is 15.7. The third-order valence-corrected chi connectivity index (χ3v) is 4.22. The Morgan fingerprint density at radius 3 is 2.61 bits per heavy atom. The van der Waals surface area contributed by atoms with Crippen LogP contribution >= 0.6 is 0 Å². The summed E-state index contributed by atoms with van der Waals surface area (Å²) in [5, 5.41) is 8.20. The third-order valence-electron chi connectivity index (χ3n) is 4.22. The van der Waals surface area contributed by atoms with Gasteiger partial charge in [-0.2, -0.15) is 0 Å². The van der Waals surface area contributed by atoms with Crippen LogP contribution in [0.1, 0.15) is 18.9 Å². The second-order valence-electron chi connectivity index (χ2n) is 6.55. The van der Waals surface area contributed by atoms with Crippen LogP contribution in [0, 0.1) is 0 Å². The second kappa shape index (κ2) is 10.7. The Bertz CT molecular complexity index is 1020. The number of benzene rings is 2. The highest BCUT2D eigenvalue weighted by Crippen LogP contribution is 2.32. The van der Waals surface area contributed by atoms with E-state index in [1.54, 1.807) is 42.6 Å². The first kappa shape index (κ1) is 21.7. The van der Waals surface area contributed by atoms with E-state index in [4.69, 9.17) is 13.9 Å². The van der Waals surface area contributed by atoms with E-state index in [0.29, 0.717) is 36.0 Å². The molecule has 0 bridgehead atoms. The van der Waals surface area contributed by atoms with Crippen LogP contribution in [-0.2, 0) is 11.3 Å². The average molecular weight is 424 g/mol. The minimum Gasteiger partial charge on any atom is -0.496 e. The molecule has 0 aliphatic heterocycles. The van der Waals surface area contributed by atoms with E-state index >= 15 is 0 Å². The largest absolute Gasteiger partial charge is 0.496 e. The van der Waals surface area contributed by atoms with Crippen molar-refractivity contribution in [2.24, 2.45) is 0 Å². The number of carbonyl (C=O) groups excluding carboxylic acids is 2. The zero-order valence-corrected chi connectivity index (χ0v) is 17.3. The molecule has 0 fully saturated rings. The number of oxazole rings is 1. The first-order valence-electron chi connectivity index (χ1n) is 9.73. The molecule has 3 N–H and O–H groups in total. The van der Waals surface area contributed by atoms with E-state index < -0.39 is 12.1 Å². The fourth-order valence-electron chi connectivity index (χ4n) is 2.79. The Hall–Kier alpha value is -4.01. The molecule has 3 aromatic rings. The highest BCUT2D eigenvalue weighted by Gasteiger charge is 2.11. The number of ether oxygens (including phenoxy) is 2. The van der Waals surface area contributed by atoms with Crippen LogP contribution in [0.4, 0.5) is 21.0 Å². The minimum atomic E-state index is -0.472. The number of amides is 3. The molecule has 0 saturated heterocycles. The van der Waals surface area contributed by atoms with E-state index in [9.17, 15) is 9.59 Å². The zero-order chi connectivity index (χ0) is 22.1. The average Bonchev–Trinajstić information content (AvgIpc) is 3.31. The summed E-state index contributed by atoms with van der Waals surface area (Å²) >= 11 is 0. The van der Waals surface area contributed by atoms with Crippen LogP contribution in [0.2, 0.25) is 0 Å². The Morgan fingerprint density at radius 2 is 1.90 bits per heavy atom. The highest BCUT2D eigenvalue weighted by molar-refractivity contribution is 6.00. The van der Waals surface area contributed by atoms with Gasteiger partial charge in [0.2, 0.25) is 0 Å². The lowest BCUT2D eigenvalue weighted by Crippen LogP contribution is -2.24. The zero-order valence-electron chi connectivity index (χ0n) is 17.3. The molecule has 0 atom stereocenters. The summed E-state index contributed by atoms with van der Waals surface area (Å²) in [5.74, 6) is 1.11. The smallest absolute Gasteiger partial charge is 0.407 e. The quantitative estimate of drug-likeness (QED) is 0.486. The molecule has 0 aliphatic rings. The molecule has 3 amide bonds. The number of nitrogens with zero attached hydrogens (tertiary/aromatic N) is 1. The van der Waals surface area contributed by atoms with Gasteiger partial charge in [0.25, 0.3) is 0 Å². The molecule has 0 spiro atoms. The van der Waals surface area contributed by atoms with Gasteiger partial charge in [-0.3, -0.25) is 0 Å². The second-order valence-corrected chi connectivity index (χ2v) is 6.55. The maximum atomic E-state index is 12.4. The maximum absolute atomic E-state index is 12.4. The van der Waals surface area contributed by atoms with Gasteiger partial charge in [-0.15, -0.1) is 0 Å². The summed E-state index contributed by atoms with van der Waals surface area (Å²) in [6, 6.07) is 12.0. The van der Waals surface area contributed by atoms with Crippen LogP contribution in [0.5, 0.6) is 5.75 Å². The molecule has 2 aromatic carbocycles. The summed E-state index contributed by atoms with van der Waals surface area (Å²) in [6.07, 6.45) is 3.21. The van der Waals surface area contributed by atoms with Crippen LogP contribution in [0.25, 0.3) is 11.3 Å². The molecule has 1 heterocycles. The van der Waals surface area contributed by atoms with Gasteiger partial charge < -0.3 is 29.8 Å². The van der Waals surface area contributed by atoms with Crippen molar-refractivity contribution < 1.29 is 23.5 Å². The maximum Gasteiger partial charge on any atom is 0.407 e. The molecule has 0 saturated carbocycles. The molecule has 0 aliphatic carbocycles. The molecule has 1 aromatic heterocycles. The van der Waals surface area contributed by atoms with Crippen molar-refractivity contribution in [1.82, 2.24) is 10.3 Å². The van der Waals surface area contributed by atoms with Crippen molar-refractivity contribution in [3.05, 3.63) is 60.6 Å². The minimum absolute atomic E-state index is 0.292. The molecular weight excluding hydrogens is 400 g/mol. The number of hydrogen-bond acceptors (Lipinski definition) is 6. The topological polar surface area (TPSA) is 115 Å². The lowest BCUT2D eigenvalue weighted by Gasteiger charge is -2.12. The van der Waals surface area contributed by atoms with E-state index in [-0.39, 0.29) is 0 Å². The molecule has 9 nitrogen and oxygen atoms in total. The van der Waals surface area contributed by atoms with Crippen molar-refractivity contribution in [2.75, 3.05) is 24.4 Å². The highest BCUT2D eigenvalue weighted by atomic mass is 16.5. The fraction of sp³-hybridized carbons (Fsp3) is 0.227. The van der Waals surface area contributed by atoms with Crippen LogP contribution in [0.15, 0.2) is 59.5 Å². The SMILES string of the molecule is CCCOC(=O)NCc1cccc(NC(=O)Nc2ccc(-c3cnco3)c(OC)c2)c1. The van der Waals surface area contributed by atoms with Crippen LogP contribution in [-0.4, -0.2) is 30.8 Å². The van der Waals surface area contributed by atoms with Gasteiger partial charge in [-0.1, -0.05) is 19.1 Å². The van der Waals surface area contributed by atoms with Gasteiger partial charge in [0.15, 0.2) is 12.2 Å². The van der Waals surface area contributed by atoms with Crippen molar-refractivity contribution in [3.63, 3.8) is 0 Å². The molecule has 31 heavy (non-hydrogen) atoms. The molecule has 162 valence electrons. The van der Waals surface area contributed by atoms with Crippen molar-refractivity contribution in [2.45, 2.75) is 19.9 Å². The Labute approximate surface area is 179 Å². The first-order valence-corrected chi connectivity index (χ1v) is 9.73. The Morgan fingerprint density at radius 1 is 1.10 bits per heavy atom. The summed E-state index contributed by atoms with van der Waals surface area (Å²) in [5.41, 5.74) is 2.69. The number of methoxy groups -OCH3 is 1. The number of rotatable bonds is 8. The van der Waals surface area contributed by atoms with Crippen molar-refractivity contribution in [3.8, 4) is 17.1 Å². The predicted molar refractivity (Wildman–Crippen MR) is 116 cm³/mol. The van der Waals surface area contributed by atoms with Crippen LogP contribution in [0.3, 0.4) is 0 Å². The fourth-order valence-corrected chi connectivity index (χ4v) is 2.79. The lowest BCUT2D eigenvalue weighted by molar-refractivity contribution is 0.146. The van der Waals surface area contributed by atoms with Gasteiger partial charge in [0.1, 0.15) is 5.75 Å². The number of anilines is 2. The number of carbonyl (C=O) groups is 2. The van der Waals surface area contributed by atoms with Gasteiger partial charge in [-0.25, -0.2) is 14.6 Å². The van der Waals surface area contributed by atoms with Crippen molar-refractivity contribution >= 4 is 23.5 Å². The van der Waals surface area contributed by atoms with Gasteiger partial charge in [-0.05, 0) is 36.2 Å². The first-order chi connectivity index (χ1) is 15.1. The van der Waals surface area contributed by atoms with Gasteiger partial charge >= 0.3 is 12.1 Å². The molecule has 9 heteroatoms. The number of nitrogens with one attached hydrogen (secondary N) is 3.